The molecule has 0 unspecified atom stereocenters. The lowest BCUT2D eigenvalue weighted by molar-refractivity contribution is 0.669. The molecule has 0 N–H and O–H groups in total. The molecule has 326 valence electrons. The number of pyridine rings is 1. The topological polar surface area (TPSA) is 74.6 Å². The molecule has 6 aromatic heterocycles. The van der Waals surface area contributed by atoms with Crippen LogP contribution >= 0.6 is 11.3 Å². The predicted molar refractivity (Wildman–Crippen MR) is 288 cm³/mol. The minimum atomic E-state index is 0.525. The maximum Gasteiger partial charge on any atom is 0.238 e. The average Bonchev–Trinajstić information content (AvgIpc) is 4.18. The number of thiophene rings is 1. The van der Waals surface area contributed by atoms with E-state index in [1.54, 1.807) is 11.3 Å². The maximum absolute atomic E-state index is 6.34. The van der Waals surface area contributed by atoms with Gasteiger partial charge in [-0.1, -0.05) is 127 Å². The molecular formula is C62H36N6OS. The summed E-state index contributed by atoms with van der Waals surface area (Å²) in [6.45, 7) is 0. The SMILES string of the molecule is c1ccc(-c2ccc3sc4ccc(-c5nc(-c6cccc(-c7ccccn7)c6)nc(-n6c7ccccc7c7ccc8c9ccccc9n(-c9ccc%10oc%11ccccc%11c%10c9)c8c76)n5)cc4c3c2)cc1. The highest BCUT2D eigenvalue weighted by molar-refractivity contribution is 7.25. The second kappa shape index (κ2) is 15.1. The van der Waals surface area contributed by atoms with Crippen LogP contribution in [0.15, 0.2) is 223 Å². The normalized spacial score (nSPS) is 12.0. The number of furan rings is 1. The van der Waals surface area contributed by atoms with Crippen molar-refractivity contribution in [2.45, 2.75) is 0 Å². The van der Waals surface area contributed by atoms with Crippen LogP contribution < -0.4 is 0 Å². The molecule has 0 aliphatic heterocycles. The zero-order valence-electron chi connectivity index (χ0n) is 37.3. The Morgan fingerprint density at radius 3 is 1.71 bits per heavy atom. The predicted octanol–water partition coefficient (Wildman–Crippen LogP) is 16.4. The minimum absolute atomic E-state index is 0.525. The lowest BCUT2D eigenvalue weighted by Gasteiger charge is -2.14. The summed E-state index contributed by atoms with van der Waals surface area (Å²) in [5.41, 5.74) is 12.9. The van der Waals surface area contributed by atoms with Crippen molar-refractivity contribution in [2.75, 3.05) is 0 Å². The first-order valence-corrected chi connectivity index (χ1v) is 24.2. The van der Waals surface area contributed by atoms with Crippen molar-refractivity contribution in [1.82, 2.24) is 29.1 Å². The third kappa shape index (κ3) is 5.93. The summed E-state index contributed by atoms with van der Waals surface area (Å²) >= 11 is 1.81. The highest BCUT2D eigenvalue weighted by Gasteiger charge is 2.24. The van der Waals surface area contributed by atoms with Gasteiger partial charge >= 0.3 is 0 Å². The molecule has 8 heteroatoms. The molecule has 15 aromatic rings. The van der Waals surface area contributed by atoms with Gasteiger partial charge in [0.2, 0.25) is 5.95 Å². The van der Waals surface area contributed by atoms with E-state index in [4.69, 9.17) is 24.4 Å². The number of hydrogen-bond donors (Lipinski definition) is 0. The first-order chi connectivity index (χ1) is 34.7. The standard InChI is InChI=1S/C62H36N6OS/c1-2-13-37(14-3-1)38-24-30-56-49(34-38)50-35-41(25-31-57(50)70-56)61-64-60(40-16-12-15-39(33-40)51-20-10-11-32-63-51)65-62(66-61)68-53-22-8-5-18-44(53)47-28-27-46-43-17-4-7-21-52(43)67(58(46)59(47)68)42-26-29-55-48(36-42)45-19-6-9-23-54(45)69-55/h1-36H. The van der Waals surface area contributed by atoms with Crippen molar-refractivity contribution in [3.8, 4) is 56.8 Å². The highest BCUT2D eigenvalue weighted by Crippen LogP contribution is 2.43. The van der Waals surface area contributed by atoms with Gasteiger partial charge in [-0.25, -0.2) is 4.98 Å². The molecule has 0 aliphatic carbocycles. The smallest absolute Gasteiger partial charge is 0.238 e. The molecule has 0 atom stereocenters. The van der Waals surface area contributed by atoms with Gasteiger partial charge in [0, 0.05) is 81.1 Å². The molecular weight excluding hydrogens is 877 g/mol. The Balaban J connectivity index is 1.02. The van der Waals surface area contributed by atoms with Crippen LogP contribution in [0, 0.1) is 0 Å². The molecule has 9 aromatic carbocycles. The third-order valence-electron chi connectivity index (χ3n) is 13.8. The quantitative estimate of drug-likeness (QED) is 0.166. The molecule has 0 radical (unpaired) electrons. The number of para-hydroxylation sites is 3. The zero-order chi connectivity index (χ0) is 45.9. The van der Waals surface area contributed by atoms with E-state index >= 15 is 0 Å². The first kappa shape index (κ1) is 38.8. The molecule has 0 spiro atoms. The summed E-state index contributed by atoms with van der Waals surface area (Å²) in [7, 11) is 0. The number of aromatic nitrogens is 6. The van der Waals surface area contributed by atoms with E-state index in [0.717, 1.165) is 93.6 Å². The average molecular weight is 913 g/mol. The Hall–Kier alpha value is -9.24. The van der Waals surface area contributed by atoms with Gasteiger partial charge in [-0.3, -0.25) is 9.55 Å². The number of nitrogens with zero attached hydrogens (tertiary/aromatic N) is 6. The molecule has 0 saturated carbocycles. The third-order valence-corrected chi connectivity index (χ3v) is 15.0. The number of fused-ring (bicyclic) bond motifs is 13. The summed E-state index contributed by atoms with van der Waals surface area (Å²) in [6.07, 6.45) is 1.83. The van der Waals surface area contributed by atoms with Crippen LogP contribution in [0.1, 0.15) is 0 Å². The van der Waals surface area contributed by atoms with Crippen LogP contribution in [-0.2, 0) is 0 Å². The largest absolute Gasteiger partial charge is 0.456 e. The fraction of sp³-hybridized carbons (Fsp3) is 0. The minimum Gasteiger partial charge on any atom is -0.456 e. The Bertz CT molecular complexity index is 4600. The van der Waals surface area contributed by atoms with E-state index in [1.807, 2.05) is 36.5 Å². The summed E-state index contributed by atoms with van der Waals surface area (Å²) in [4.78, 5) is 21.1. The van der Waals surface area contributed by atoms with Gasteiger partial charge in [0.15, 0.2) is 11.6 Å². The van der Waals surface area contributed by atoms with E-state index in [0.29, 0.717) is 17.6 Å². The molecule has 0 amide bonds. The summed E-state index contributed by atoms with van der Waals surface area (Å²) in [6, 6.07) is 74.9. The molecule has 0 fully saturated rings. The van der Waals surface area contributed by atoms with Crippen molar-refractivity contribution in [3.63, 3.8) is 0 Å². The summed E-state index contributed by atoms with van der Waals surface area (Å²) in [5, 5.41) is 9.02. The fourth-order valence-corrected chi connectivity index (χ4v) is 11.7. The summed E-state index contributed by atoms with van der Waals surface area (Å²) < 4.78 is 13.4. The van der Waals surface area contributed by atoms with Gasteiger partial charge in [0.1, 0.15) is 11.2 Å². The Kier molecular flexibility index (Phi) is 8.39. The van der Waals surface area contributed by atoms with Crippen LogP contribution in [0.5, 0.6) is 0 Å². The second-order valence-corrected chi connectivity index (χ2v) is 18.9. The lowest BCUT2D eigenvalue weighted by Crippen LogP contribution is -2.07. The Morgan fingerprint density at radius 1 is 0.357 bits per heavy atom. The van der Waals surface area contributed by atoms with Gasteiger partial charge in [0.05, 0.1) is 27.8 Å². The monoisotopic (exact) mass is 912 g/mol. The van der Waals surface area contributed by atoms with Crippen molar-refractivity contribution >= 4 is 97.1 Å². The lowest BCUT2D eigenvalue weighted by atomic mass is 10.0. The van der Waals surface area contributed by atoms with Gasteiger partial charge in [-0.05, 0) is 96.1 Å². The van der Waals surface area contributed by atoms with Gasteiger partial charge in [-0.2, -0.15) is 9.97 Å². The van der Waals surface area contributed by atoms with Crippen molar-refractivity contribution in [2.24, 2.45) is 0 Å². The van der Waals surface area contributed by atoms with Gasteiger partial charge < -0.3 is 8.98 Å². The molecule has 15 rings (SSSR count). The van der Waals surface area contributed by atoms with Crippen LogP contribution in [0.2, 0.25) is 0 Å². The Labute approximate surface area is 403 Å². The zero-order valence-corrected chi connectivity index (χ0v) is 38.1. The molecule has 0 bridgehead atoms. The summed E-state index contributed by atoms with van der Waals surface area (Å²) in [5.74, 6) is 1.67. The van der Waals surface area contributed by atoms with E-state index < -0.39 is 0 Å². The van der Waals surface area contributed by atoms with Crippen LogP contribution in [-0.4, -0.2) is 29.1 Å². The number of hydrogen-bond acceptors (Lipinski definition) is 6. The second-order valence-electron chi connectivity index (χ2n) is 17.8. The van der Waals surface area contributed by atoms with Gasteiger partial charge in [0.25, 0.3) is 0 Å². The molecule has 0 saturated heterocycles. The number of rotatable bonds is 6. The fourth-order valence-electron chi connectivity index (χ4n) is 10.6. The number of benzene rings is 9. The maximum atomic E-state index is 6.34. The van der Waals surface area contributed by atoms with Crippen molar-refractivity contribution in [1.29, 1.82) is 0 Å². The van der Waals surface area contributed by atoms with Crippen LogP contribution in [0.3, 0.4) is 0 Å². The van der Waals surface area contributed by atoms with E-state index in [9.17, 15) is 0 Å². The molecule has 0 aliphatic rings. The highest BCUT2D eigenvalue weighted by atomic mass is 32.1. The molecule has 6 heterocycles. The van der Waals surface area contributed by atoms with Crippen molar-refractivity contribution in [3.05, 3.63) is 219 Å². The van der Waals surface area contributed by atoms with Gasteiger partial charge in [-0.15, -0.1) is 11.3 Å². The molecule has 70 heavy (non-hydrogen) atoms. The Morgan fingerprint density at radius 2 is 0.957 bits per heavy atom. The van der Waals surface area contributed by atoms with Crippen molar-refractivity contribution < 1.29 is 4.42 Å². The first-order valence-electron chi connectivity index (χ1n) is 23.4. The van der Waals surface area contributed by atoms with E-state index in [2.05, 4.69) is 191 Å². The molecule has 7 nitrogen and oxygen atoms in total. The van der Waals surface area contributed by atoms with Crippen LogP contribution in [0.4, 0.5) is 0 Å². The van der Waals surface area contributed by atoms with E-state index in [1.165, 1.54) is 31.3 Å². The van der Waals surface area contributed by atoms with E-state index in [-0.39, 0.29) is 0 Å². The van der Waals surface area contributed by atoms with Crippen LogP contribution in [0.25, 0.3) is 143 Å².